The molecule has 3 heteroatoms. The van der Waals surface area contributed by atoms with Crippen LogP contribution in [0, 0.1) is 0 Å². The van der Waals surface area contributed by atoms with Crippen molar-refractivity contribution in [2.24, 2.45) is 5.73 Å². The van der Waals surface area contributed by atoms with E-state index in [1.54, 1.807) is 0 Å². The molecule has 0 saturated heterocycles. The fourth-order valence-electron chi connectivity index (χ4n) is 1.62. The number of benzene rings is 1. The molecule has 2 aromatic rings. The molecule has 0 unspecified atom stereocenters. The van der Waals surface area contributed by atoms with Crippen molar-refractivity contribution >= 4 is 0 Å². The molecule has 1 heterocycles. The maximum Gasteiger partial charge on any atom is 0.0951 e. The van der Waals surface area contributed by atoms with Gasteiger partial charge < -0.3 is 10.3 Å². The highest BCUT2D eigenvalue weighted by atomic mass is 15.1. The zero-order valence-electron chi connectivity index (χ0n) is 8.80. The van der Waals surface area contributed by atoms with Gasteiger partial charge >= 0.3 is 0 Å². The van der Waals surface area contributed by atoms with E-state index in [4.69, 9.17) is 5.73 Å². The summed E-state index contributed by atoms with van der Waals surface area (Å²) in [6, 6.07) is 10.3. The lowest BCUT2D eigenvalue weighted by Gasteiger charge is -2.10. The predicted octanol–water partition coefficient (Wildman–Crippen LogP) is 1.95. The Bertz CT molecular complexity index is 417. The Morgan fingerprint density at radius 1 is 1.33 bits per heavy atom. The van der Waals surface area contributed by atoms with Gasteiger partial charge in [-0.05, 0) is 12.5 Å². The van der Waals surface area contributed by atoms with Crippen LogP contribution in [0.3, 0.4) is 0 Å². The predicted molar refractivity (Wildman–Crippen MR) is 60.4 cm³/mol. The fourth-order valence-corrected chi connectivity index (χ4v) is 1.62. The third-order valence-electron chi connectivity index (χ3n) is 2.41. The highest BCUT2D eigenvalue weighted by molar-refractivity contribution is 5.16. The number of imidazole rings is 1. The van der Waals surface area contributed by atoms with Crippen LogP contribution in [0.5, 0.6) is 0 Å². The molecule has 1 aromatic carbocycles. The second kappa shape index (κ2) is 4.28. The average molecular weight is 201 g/mol. The number of hydrogen-bond donors (Lipinski definition) is 1. The van der Waals surface area contributed by atoms with Crippen molar-refractivity contribution in [2.75, 3.05) is 0 Å². The van der Waals surface area contributed by atoms with E-state index in [2.05, 4.69) is 21.7 Å². The Labute approximate surface area is 89.6 Å². The topological polar surface area (TPSA) is 43.8 Å². The molecular formula is C12H15N3. The summed E-state index contributed by atoms with van der Waals surface area (Å²) < 4.78 is 2.08. The number of nitrogens with zero attached hydrogens (tertiary/aromatic N) is 2. The number of aromatic nitrogens is 2. The van der Waals surface area contributed by atoms with Crippen LogP contribution in [-0.2, 0) is 6.54 Å². The van der Waals surface area contributed by atoms with E-state index < -0.39 is 0 Å². The van der Waals surface area contributed by atoms with Crippen molar-refractivity contribution in [2.45, 2.75) is 19.5 Å². The molecule has 0 aliphatic rings. The summed E-state index contributed by atoms with van der Waals surface area (Å²) in [5, 5.41) is 0. The molecule has 0 radical (unpaired) electrons. The minimum Gasteiger partial charge on any atom is -0.329 e. The summed E-state index contributed by atoms with van der Waals surface area (Å²) in [7, 11) is 0. The van der Waals surface area contributed by atoms with Gasteiger partial charge in [0.25, 0.3) is 0 Å². The molecule has 0 bridgehead atoms. The lowest BCUT2D eigenvalue weighted by atomic mass is 10.2. The van der Waals surface area contributed by atoms with Crippen LogP contribution in [-0.4, -0.2) is 9.55 Å². The molecule has 0 amide bonds. The second-order valence-corrected chi connectivity index (χ2v) is 3.72. The second-order valence-electron chi connectivity index (χ2n) is 3.72. The van der Waals surface area contributed by atoms with Crippen LogP contribution in [0.4, 0.5) is 0 Å². The lowest BCUT2D eigenvalue weighted by molar-refractivity contribution is 0.674. The first-order chi connectivity index (χ1) is 7.27. The van der Waals surface area contributed by atoms with Gasteiger partial charge in [0.05, 0.1) is 12.0 Å². The maximum atomic E-state index is 5.85. The Hall–Kier alpha value is -1.61. The molecule has 15 heavy (non-hydrogen) atoms. The Kier molecular flexibility index (Phi) is 2.83. The molecule has 0 aliphatic carbocycles. The minimum absolute atomic E-state index is 0.0243. The van der Waals surface area contributed by atoms with Crippen molar-refractivity contribution < 1.29 is 0 Å². The van der Waals surface area contributed by atoms with Crippen LogP contribution in [0.2, 0.25) is 0 Å². The van der Waals surface area contributed by atoms with Gasteiger partial charge in [-0.2, -0.15) is 0 Å². The van der Waals surface area contributed by atoms with Gasteiger partial charge in [-0.3, -0.25) is 0 Å². The van der Waals surface area contributed by atoms with Gasteiger partial charge in [0.15, 0.2) is 0 Å². The van der Waals surface area contributed by atoms with Gasteiger partial charge in [0.1, 0.15) is 0 Å². The number of hydrogen-bond acceptors (Lipinski definition) is 2. The highest BCUT2D eigenvalue weighted by Gasteiger charge is 2.06. The Morgan fingerprint density at radius 2 is 2.07 bits per heavy atom. The van der Waals surface area contributed by atoms with E-state index >= 15 is 0 Å². The summed E-state index contributed by atoms with van der Waals surface area (Å²) in [6.45, 7) is 2.80. The monoisotopic (exact) mass is 201 g/mol. The Morgan fingerprint density at radius 3 is 2.73 bits per heavy atom. The third kappa shape index (κ3) is 2.25. The number of nitrogens with two attached hydrogens (primary N) is 1. The molecule has 1 atom stereocenters. The largest absolute Gasteiger partial charge is 0.329 e. The van der Waals surface area contributed by atoms with Gasteiger partial charge in [0.2, 0.25) is 0 Å². The molecule has 0 fully saturated rings. The van der Waals surface area contributed by atoms with Gasteiger partial charge in [0, 0.05) is 18.8 Å². The van der Waals surface area contributed by atoms with Crippen molar-refractivity contribution in [3.8, 4) is 0 Å². The highest BCUT2D eigenvalue weighted by Crippen LogP contribution is 2.11. The minimum atomic E-state index is 0.0243. The van der Waals surface area contributed by atoms with Crippen molar-refractivity contribution in [3.05, 3.63) is 54.1 Å². The van der Waals surface area contributed by atoms with Crippen LogP contribution < -0.4 is 5.73 Å². The van der Waals surface area contributed by atoms with E-state index in [-0.39, 0.29) is 6.04 Å². The summed E-state index contributed by atoms with van der Waals surface area (Å²) >= 11 is 0. The van der Waals surface area contributed by atoms with Crippen LogP contribution in [0.1, 0.15) is 24.2 Å². The van der Waals surface area contributed by atoms with Crippen LogP contribution in [0.15, 0.2) is 42.9 Å². The zero-order chi connectivity index (χ0) is 10.7. The molecule has 2 N–H and O–H groups in total. The normalized spacial score (nSPS) is 12.7. The smallest absolute Gasteiger partial charge is 0.0951 e. The van der Waals surface area contributed by atoms with Gasteiger partial charge in [-0.15, -0.1) is 0 Å². The molecule has 0 saturated carbocycles. The van der Waals surface area contributed by atoms with E-state index in [1.165, 1.54) is 5.56 Å². The van der Waals surface area contributed by atoms with Crippen LogP contribution >= 0.6 is 0 Å². The van der Waals surface area contributed by atoms with Crippen molar-refractivity contribution in [1.82, 2.24) is 9.55 Å². The van der Waals surface area contributed by atoms with E-state index in [0.29, 0.717) is 0 Å². The SMILES string of the molecule is C[C@H](N)c1cncn1Cc1ccccc1. The molecule has 2 rings (SSSR count). The average Bonchev–Trinajstić information content (AvgIpc) is 2.67. The van der Waals surface area contributed by atoms with Gasteiger partial charge in [-0.1, -0.05) is 30.3 Å². The molecule has 0 spiro atoms. The molecule has 1 aromatic heterocycles. The summed E-state index contributed by atoms with van der Waals surface area (Å²) in [5.41, 5.74) is 8.18. The molecule has 3 nitrogen and oxygen atoms in total. The summed E-state index contributed by atoms with van der Waals surface area (Å²) in [6.07, 6.45) is 3.65. The quantitative estimate of drug-likeness (QED) is 0.824. The number of rotatable bonds is 3. The lowest BCUT2D eigenvalue weighted by Crippen LogP contribution is -2.12. The van der Waals surface area contributed by atoms with Gasteiger partial charge in [-0.25, -0.2) is 4.98 Å². The van der Waals surface area contributed by atoms with Crippen molar-refractivity contribution in [3.63, 3.8) is 0 Å². The van der Waals surface area contributed by atoms with Crippen LogP contribution in [0.25, 0.3) is 0 Å². The first-order valence-electron chi connectivity index (χ1n) is 5.07. The standard InChI is InChI=1S/C12H15N3/c1-10(13)12-7-14-9-15(12)8-11-5-3-2-4-6-11/h2-7,9-10H,8,13H2,1H3/t10-/m0/s1. The molecule has 0 aliphatic heterocycles. The zero-order valence-corrected chi connectivity index (χ0v) is 8.80. The summed E-state index contributed by atoms with van der Waals surface area (Å²) in [4.78, 5) is 4.12. The fraction of sp³-hybridized carbons (Fsp3) is 0.250. The first-order valence-corrected chi connectivity index (χ1v) is 5.07. The first kappa shape index (κ1) is 9.93. The van der Waals surface area contributed by atoms with E-state index in [0.717, 1.165) is 12.2 Å². The maximum absolute atomic E-state index is 5.85. The van der Waals surface area contributed by atoms with Crippen molar-refractivity contribution in [1.29, 1.82) is 0 Å². The molecular weight excluding hydrogens is 186 g/mol. The Balaban J connectivity index is 2.21. The van der Waals surface area contributed by atoms with E-state index in [9.17, 15) is 0 Å². The third-order valence-corrected chi connectivity index (χ3v) is 2.41. The molecule has 78 valence electrons. The van der Waals surface area contributed by atoms with E-state index in [1.807, 2.05) is 37.6 Å². The summed E-state index contributed by atoms with van der Waals surface area (Å²) in [5.74, 6) is 0.